The number of sulfonamides is 1. The highest BCUT2D eigenvalue weighted by molar-refractivity contribution is 7.92. The number of nitrogens with one attached hydrogen (secondary N) is 4. The van der Waals surface area contributed by atoms with Crippen LogP contribution in [0.15, 0.2) is 73.1 Å². The first kappa shape index (κ1) is 33.9. The molecular weight excluding hydrogens is 675 g/mol. The highest BCUT2D eigenvalue weighted by Gasteiger charge is 2.33. The molecule has 17 heteroatoms. The molecule has 3 heterocycles. The van der Waals surface area contributed by atoms with Crippen molar-refractivity contribution in [1.82, 2.24) is 19.9 Å². The molecule has 3 aromatic carbocycles. The Balaban J connectivity index is 1.23. The minimum absolute atomic E-state index is 0.0876. The number of H-pyrrole nitrogens is 1. The Morgan fingerprint density at radius 2 is 1.74 bits per heavy atom. The van der Waals surface area contributed by atoms with E-state index in [9.17, 15) is 31.2 Å². The third kappa shape index (κ3) is 7.36. The molecule has 0 radical (unpaired) electrons. The number of aryl methyl sites for hydroxylation is 2. The number of benzene rings is 3. The molecule has 50 heavy (non-hydrogen) atoms. The van der Waals surface area contributed by atoms with E-state index < -0.39 is 33.7 Å². The van der Waals surface area contributed by atoms with Gasteiger partial charge in [0.1, 0.15) is 11.6 Å². The van der Waals surface area contributed by atoms with Gasteiger partial charge in [0, 0.05) is 47.5 Å². The van der Waals surface area contributed by atoms with Gasteiger partial charge in [-0.1, -0.05) is 12.1 Å². The molecule has 5 aromatic rings. The van der Waals surface area contributed by atoms with Gasteiger partial charge in [0.2, 0.25) is 16.0 Å². The van der Waals surface area contributed by atoms with Gasteiger partial charge in [-0.25, -0.2) is 23.2 Å². The lowest BCUT2D eigenvalue weighted by molar-refractivity contribution is -0.137. The zero-order chi connectivity index (χ0) is 36.0. The smallest absolute Gasteiger partial charge is 0.344 e. The van der Waals surface area contributed by atoms with Gasteiger partial charge < -0.3 is 15.6 Å². The number of urea groups is 1. The zero-order valence-corrected chi connectivity index (χ0v) is 27.9. The maximum absolute atomic E-state index is 13.8. The van der Waals surface area contributed by atoms with E-state index in [1.807, 2.05) is 0 Å². The number of hydrogen-bond acceptors (Lipinski definition) is 8. The fraction of sp³-hybridized carbons (Fsp3) is 0.182. The lowest BCUT2D eigenvalue weighted by atomic mass is 10.0. The van der Waals surface area contributed by atoms with E-state index in [1.165, 1.54) is 15.9 Å². The molecule has 1 aliphatic heterocycles. The summed E-state index contributed by atoms with van der Waals surface area (Å²) in [6, 6.07) is 14.0. The topological polar surface area (TPSA) is 165 Å². The summed E-state index contributed by atoms with van der Waals surface area (Å²) in [5, 5.41) is 5.68. The van der Waals surface area contributed by atoms with Crippen molar-refractivity contribution in [2.24, 2.45) is 0 Å². The highest BCUT2D eigenvalue weighted by atomic mass is 32.2. The molecule has 258 valence electrons. The van der Waals surface area contributed by atoms with Crippen molar-refractivity contribution in [2.75, 3.05) is 38.5 Å². The van der Waals surface area contributed by atoms with Gasteiger partial charge in [0.15, 0.2) is 0 Å². The number of anilines is 6. The van der Waals surface area contributed by atoms with Gasteiger partial charge in [-0.05, 0) is 67.9 Å². The van der Waals surface area contributed by atoms with E-state index in [1.54, 1.807) is 75.8 Å². The number of nitrogens with zero attached hydrogens (tertiary/aromatic N) is 5. The zero-order valence-electron chi connectivity index (χ0n) is 27.0. The standard InChI is InChI=1S/C33H30F3N9O4S/c1-18-8-9-25(40-30(46)21-10-20(28-37-15-19(2)39-28)11-23(12-21)33(34,35)36)14-27(18)45-17-22-16-38-31(42-29(22)44(3)32(45)47)41-24-6-5-7-26(13-24)43-50(4,48)49/h5-16,43H,17H2,1-4H3,(H,37,39)(H,40,46)(H,38,41,42). The van der Waals surface area contributed by atoms with Crippen molar-refractivity contribution in [3.05, 3.63) is 101 Å². The van der Waals surface area contributed by atoms with Crippen molar-refractivity contribution in [3.8, 4) is 11.4 Å². The second-order valence-corrected chi connectivity index (χ2v) is 13.4. The summed E-state index contributed by atoms with van der Waals surface area (Å²) in [5.74, 6) is -0.0669. The predicted molar refractivity (Wildman–Crippen MR) is 183 cm³/mol. The summed E-state index contributed by atoms with van der Waals surface area (Å²) in [7, 11) is -1.93. The average Bonchev–Trinajstić information content (AvgIpc) is 3.49. The summed E-state index contributed by atoms with van der Waals surface area (Å²) < 4.78 is 67.0. The third-order valence-electron chi connectivity index (χ3n) is 7.69. The Bertz CT molecular complexity index is 2260. The van der Waals surface area contributed by atoms with Crippen molar-refractivity contribution in [2.45, 2.75) is 26.6 Å². The molecule has 6 rings (SSSR count). The monoisotopic (exact) mass is 705 g/mol. The molecular formula is C33H30F3N9O4S. The lowest BCUT2D eigenvalue weighted by Gasteiger charge is -2.35. The van der Waals surface area contributed by atoms with Crippen LogP contribution in [0.3, 0.4) is 0 Å². The Labute approximate surface area is 284 Å². The molecule has 0 unspecified atom stereocenters. The molecule has 2 aromatic heterocycles. The molecule has 0 spiro atoms. The molecule has 13 nitrogen and oxygen atoms in total. The van der Waals surface area contributed by atoms with E-state index >= 15 is 0 Å². The number of halogens is 3. The minimum atomic E-state index is -4.70. The number of rotatable bonds is 8. The number of aromatic amines is 1. The van der Waals surface area contributed by atoms with Gasteiger partial charge in [-0.2, -0.15) is 18.2 Å². The van der Waals surface area contributed by atoms with E-state index in [0.29, 0.717) is 39.7 Å². The summed E-state index contributed by atoms with van der Waals surface area (Å²) in [5.41, 5.74) is 2.33. The molecule has 0 atom stereocenters. The van der Waals surface area contributed by atoms with Gasteiger partial charge in [0.25, 0.3) is 5.91 Å². The van der Waals surface area contributed by atoms with Gasteiger partial charge in [-0.15, -0.1) is 0 Å². The Kier molecular flexibility index (Phi) is 8.69. The Morgan fingerprint density at radius 3 is 2.44 bits per heavy atom. The largest absolute Gasteiger partial charge is 0.416 e. The number of carbonyl (C=O) groups excluding carboxylic acids is 2. The van der Waals surface area contributed by atoms with Crippen LogP contribution in [-0.2, 0) is 22.7 Å². The molecule has 0 saturated heterocycles. The number of amides is 3. The number of carbonyl (C=O) groups is 2. The van der Waals surface area contributed by atoms with E-state index in [-0.39, 0.29) is 35.1 Å². The van der Waals surface area contributed by atoms with Crippen LogP contribution < -0.4 is 25.2 Å². The van der Waals surface area contributed by atoms with Crippen LogP contribution >= 0.6 is 0 Å². The van der Waals surface area contributed by atoms with Crippen LogP contribution in [0.4, 0.5) is 52.5 Å². The summed E-state index contributed by atoms with van der Waals surface area (Å²) >= 11 is 0. The van der Waals surface area contributed by atoms with Crippen LogP contribution in [0.5, 0.6) is 0 Å². The summed E-state index contributed by atoms with van der Waals surface area (Å²) in [6.45, 7) is 3.56. The summed E-state index contributed by atoms with van der Waals surface area (Å²) in [6.07, 6.45) is -0.551. The Morgan fingerprint density at radius 1 is 0.980 bits per heavy atom. The fourth-order valence-electron chi connectivity index (χ4n) is 5.36. The van der Waals surface area contributed by atoms with Crippen LogP contribution in [0.25, 0.3) is 11.4 Å². The van der Waals surface area contributed by atoms with E-state index in [0.717, 1.165) is 18.4 Å². The van der Waals surface area contributed by atoms with Crippen molar-refractivity contribution < 1.29 is 31.2 Å². The summed E-state index contributed by atoms with van der Waals surface area (Å²) in [4.78, 5) is 45.7. The van der Waals surface area contributed by atoms with E-state index in [4.69, 9.17) is 0 Å². The predicted octanol–water partition coefficient (Wildman–Crippen LogP) is 6.45. The lowest BCUT2D eigenvalue weighted by Crippen LogP contribution is -2.46. The first-order valence-electron chi connectivity index (χ1n) is 15.0. The second kappa shape index (κ2) is 12.8. The molecule has 3 amide bonds. The molecule has 0 bridgehead atoms. The molecule has 1 aliphatic rings. The van der Waals surface area contributed by atoms with Crippen LogP contribution in [0.1, 0.15) is 32.7 Å². The van der Waals surface area contributed by atoms with Crippen LogP contribution in [-0.4, -0.2) is 53.6 Å². The maximum atomic E-state index is 13.8. The van der Waals surface area contributed by atoms with Crippen LogP contribution in [0.2, 0.25) is 0 Å². The van der Waals surface area contributed by atoms with Crippen molar-refractivity contribution in [3.63, 3.8) is 0 Å². The highest BCUT2D eigenvalue weighted by Crippen LogP contribution is 2.35. The molecule has 0 saturated carbocycles. The fourth-order valence-corrected chi connectivity index (χ4v) is 5.92. The number of hydrogen-bond donors (Lipinski definition) is 4. The van der Waals surface area contributed by atoms with Crippen molar-refractivity contribution in [1.29, 1.82) is 0 Å². The first-order chi connectivity index (χ1) is 23.5. The second-order valence-electron chi connectivity index (χ2n) is 11.7. The van der Waals surface area contributed by atoms with Gasteiger partial charge in [0.05, 0.1) is 35.4 Å². The Hall–Kier alpha value is -5.97. The number of fused-ring (bicyclic) bond motifs is 1. The average molecular weight is 706 g/mol. The van der Waals surface area contributed by atoms with Crippen LogP contribution in [0, 0.1) is 13.8 Å². The SMILES string of the molecule is Cc1c[nH]c(-c2cc(C(=O)Nc3ccc(C)c(N4Cc5cnc(Nc6cccc(NS(C)(=O)=O)c6)nc5N(C)C4=O)c3)cc(C(F)(F)F)c2)n1. The van der Waals surface area contributed by atoms with Crippen molar-refractivity contribution >= 4 is 56.5 Å². The van der Waals surface area contributed by atoms with Gasteiger partial charge in [-0.3, -0.25) is 19.3 Å². The minimum Gasteiger partial charge on any atom is -0.344 e. The molecule has 0 fully saturated rings. The normalized spacial score (nSPS) is 13.2. The van der Waals surface area contributed by atoms with Gasteiger partial charge >= 0.3 is 12.2 Å². The molecule has 4 N–H and O–H groups in total. The quantitative estimate of drug-likeness (QED) is 0.143. The third-order valence-corrected chi connectivity index (χ3v) is 8.29. The number of aromatic nitrogens is 4. The number of imidazole rings is 1. The maximum Gasteiger partial charge on any atom is 0.416 e. The van der Waals surface area contributed by atoms with E-state index in [2.05, 4.69) is 35.3 Å². The number of alkyl halides is 3. The molecule has 0 aliphatic carbocycles. The first-order valence-corrected chi connectivity index (χ1v) is 16.9.